The average Bonchev–Trinajstić information content (AvgIpc) is 1.81. The molecule has 0 saturated carbocycles. The van der Waals surface area contributed by atoms with E-state index in [4.69, 9.17) is 9.84 Å². The van der Waals surface area contributed by atoms with Crippen molar-refractivity contribution < 1.29 is 15.6 Å². The Morgan fingerprint density at radius 1 is 1.38 bits per heavy atom. The van der Waals surface area contributed by atoms with Crippen LogP contribution in [0.15, 0.2) is 0 Å². The van der Waals surface area contributed by atoms with E-state index in [1.807, 2.05) is 0 Å². The first-order valence-electron chi connectivity index (χ1n) is 2.89. The Hall–Kier alpha value is -0.120. The second-order valence-electron chi connectivity index (χ2n) is 1.54. The lowest BCUT2D eigenvalue weighted by atomic mass is 10.5. The summed E-state index contributed by atoms with van der Waals surface area (Å²) in [7, 11) is 0. The summed E-state index contributed by atoms with van der Waals surface area (Å²) in [6, 6.07) is 0. The summed E-state index contributed by atoms with van der Waals surface area (Å²) in [5.74, 6) is 0. The molecule has 0 rings (SSSR count). The summed E-state index contributed by atoms with van der Waals surface area (Å²) in [4.78, 5) is 0. The highest BCUT2D eigenvalue weighted by atomic mass is 16.5. The van der Waals surface area contributed by atoms with Crippen molar-refractivity contribution in [3.8, 4) is 0 Å². The van der Waals surface area contributed by atoms with Gasteiger partial charge in [-0.1, -0.05) is 0 Å². The number of quaternary nitrogens is 1. The molecule has 0 bridgehead atoms. The lowest BCUT2D eigenvalue weighted by molar-refractivity contribution is -0.369. The molecule has 4 N–H and O–H groups in total. The van der Waals surface area contributed by atoms with Crippen molar-refractivity contribution >= 4 is 0 Å². The van der Waals surface area contributed by atoms with Gasteiger partial charge in [0, 0.05) is 6.42 Å². The van der Waals surface area contributed by atoms with Crippen molar-refractivity contribution in [2.24, 2.45) is 0 Å². The van der Waals surface area contributed by atoms with Gasteiger partial charge in [-0.05, 0) is 0 Å². The van der Waals surface area contributed by atoms with Crippen molar-refractivity contribution in [2.75, 3.05) is 26.4 Å². The van der Waals surface area contributed by atoms with Crippen LogP contribution < -0.4 is 5.73 Å². The molecule has 0 saturated heterocycles. The van der Waals surface area contributed by atoms with Gasteiger partial charge in [-0.15, -0.1) is 0 Å². The van der Waals surface area contributed by atoms with E-state index in [0.717, 1.165) is 19.6 Å². The van der Waals surface area contributed by atoms with Crippen molar-refractivity contribution in [2.45, 2.75) is 6.42 Å². The first-order chi connectivity index (χ1) is 3.91. The van der Waals surface area contributed by atoms with E-state index >= 15 is 0 Å². The maximum absolute atomic E-state index is 8.22. The monoisotopic (exact) mass is 120 g/mol. The molecule has 50 valence electrons. The summed E-state index contributed by atoms with van der Waals surface area (Å²) in [6.07, 6.45) is 0.986. The third-order valence-corrected chi connectivity index (χ3v) is 0.774. The van der Waals surface area contributed by atoms with Crippen LogP contribution in [0.1, 0.15) is 6.42 Å². The minimum Gasteiger partial charge on any atom is -0.394 e. The Bertz CT molecular complexity index is 35.4. The zero-order valence-corrected chi connectivity index (χ0v) is 5.10. The summed E-state index contributed by atoms with van der Waals surface area (Å²) in [5.41, 5.74) is 3.64. The SMILES string of the molecule is [NH3+]CCCOCCO. The van der Waals surface area contributed by atoms with Gasteiger partial charge >= 0.3 is 0 Å². The maximum atomic E-state index is 8.22. The molecular weight excluding hydrogens is 106 g/mol. The zero-order chi connectivity index (χ0) is 6.24. The molecule has 0 spiro atoms. The molecule has 0 atom stereocenters. The van der Waals surface area contributed by atoms with Crippen molar-refractivity contribution in [1.29, 1.82) is 0 Å². The first kappa shape index (κ1) is 7.88. The Morgan fingerprint density at radius 3 is 2.62 bits per heavy atom. The van der Waals surface area contributed by atoms with Crippen LogP contribution in [0, 0.1) is 0 Å². The molecule has 3 nitrogen and oxygen atoms in total. The van der Waals surface area contributed by atoms with E-state index in [-0.39, 0.29) is 6.61 Å². The minimum atomic E-state index is 0.122. The molecule has 0 aromatic heterocycles. The summed E-state index contributed by atoms with van der Waals surface area (Å²) < 4.78 is 4.93. The molecule has 0 aliphatic rings. The quantitative estimate of drug-likeness (QED) is 0.440. The second kappa shape index (κ2) is 6.88. The number of hydrogen-bond acceptors (Lipinski definition) is 2. The second-order valence-corrected chi connectivity index (χ2v) is 1.54. The predicted octanol–water partition coefficient (Wildman–Crippen LogP) is -1.37. The number of ether oxygens (including phenoxy) is 1. The molecule has 0 radical (unpaired) electrons. The third kappa shape index (κ3) is 5.88. The topological polar surface area (TPSA) is 57.1 Å². The molecule has 8 heavy (non-hydrogen) atoms. The summed E-state index contributed by atoms with van der Waals surface area (Å²) in [6.45, 7) is 2.21. The number of hydrogen-bond donors (Lipinski definition) is 2. The molecule has 3 heteroatoms. The highest BCUT2D eigenvalue weighted by Crippen LogP contribution is 1.75. The van der Waals surface area contributed by atoms with Crippen LogP contribution in [0.25, 0.3) is 0 Å². The minimum absolute atomic E-state index is 0.122. The zero-order valence-electron chi connectivity index (χ0n) is 5.10. The lowest BCUT2D eigenvalue weighted by Gasteiger charge is -1.96. The third-order valence-electron chi connectivity index (χ3n) is 0.774. The van der Waals surface area contributed by atoms with Gasteiger partial charge < -0.3 is 15.6 Å². The normalized spacial score (nSPS) is 9.75. The van der Waals surface area contributed by atoms with Gasteiger partial charge in [0.1, 0.15) is 0 Å². The molecule has 0 aromatic rings. The van der Waals surface area contributed by atoms with Gasteiger partial charge in [-0.25, -0.2) is 0 Å². The molecule has 0 aliphatic heterocycles. The standard InChI is InChI=1S/C5H13NO2/c6-2-1-4-8-5-3-7/h7H,1-6H2/p+1. The van der Waals surface area contributed by atoms with Gasteiger partial charge in [0.2, 0.25) is 0 Å². The van der Waals surface area contributed by atoms with Crippen molar-refractivity contribution in [1.82, 2.24) is 0 Å². The van der Waals surface area contributed by atoms with E-state index in [9.17, 15) is 0 Å². The smallest absolute Gasteiger partial charge is 0.0762 e. The van der Waals surface area contributed by atoms with E-state index in [2.05, 4.69) is 5.73 Å². The van der Waals surface area contributed by atoms with Gasteiger partial charge in [-0.3, -0.25) is 0 Å². The molecule has 0 aromatic carbocycles. The van der Waals surface area contributed by atoms with Crippen LogP contribution in [0.4, 0.5) is 0 Å². The Morgan fingerprint density at radius 2 is 2.12 bits per heavy atom. The Labute approximate surface area is 49.4 Å². The van der Waals surface area contributed by atoms with Crippen molar-refractivity contribution in [3.05, 3.63) is 0 Å². The van der Waals surface area contributed by atoms with Gasteiger partial charge in [-0.2, -0.15) is 0 Å². The summed E-state index contributed by atoms with van der Waals surface area (Å²) >= 11 is 0. The number of aliphatic hydroxyl groups is 1. The molecule has 0 amide bonds. The molecule has 0 fully saturated rings. The fraction of sp³-hybridized carbons (Fsp3) is 1.00. The van der Waals surface area contributed by atoms with Crippen LogP contribution in [-0.2, 0) is 4.74 Å². The molecule has 0 aliphatic carbocycles. The van der Waals surface area contributed by atoms with Crippen LogP contribution in [0.2, 0.25) is 0 Å². The van der Waals surface area contributed by atoms with E-state index in [1.165, 1.54) is 0 Å². The van der Waals surface area contributed by atoms with Gasteiger partial charge in [0.25, 0.3) is 0 Å². The predicted molar refractivity (Wildman–Crippen MR) is 30.3 cm³/mol. The molecular formula is C5H14NO2+. The lowest BCUT2D eigenvalue weighted by Crippen LogP contribution is -2.50. The van der Waals surface area contributed by atoms with E-state index < -0.39 is 0 Å². The largest absolute Gasteiger partial charge is 0.394 e. The fourth-order valence-electron chi connectivity index (χ4n) is 0.371. The van der Waals surface area contributed by atoms with Gasteiger partial charge in [0.05, 0.1) is 26.4 Å². The number of rotatable bonds is 5. The number of aliphatic hydroxyl groups excluding tert-OH is 1. The van der Waals surface area contributed by atoms with Crippen LogP contribution in [0.3, 0.4) is 0 Å². The summed E-state index contributed by atoms with van der Waals surface area (Å²) in [5, 5.41) is 8.22. The highest BCUT2D eigenvalue weighted by molar-refractivity contribution is 4.29. The first-order valence-corrected chi connectivity index (χ1v) is 2.89. The molecule has 0 unspecified atom stereocenters. The van der Waals surface area contributed by atoms with Crippen LogP contribution in [0.5, 0.6) is 0 Å². The van der Waals surface area contributed by atoms with Crippen LogP contribution >= 0.6 is 0 Å². The maximum Gasteiger partial charge on any atom is 0.0762 e. The van der Waals surface area contributed by atoms with E-state index in [1.54, 1.807) is 0 Å². The Balaban J connectivity index is 2.53. The highest BCUT2D eigenvalue weighted by Gasteiger charge is 1.84. The Kier molecular flexibility index (Phi) is 6.78. The van der Waals surface area contributed by atoms with Crippen molar-refractivity contribution in [3.63, 3.8) is 0 Å². The molecule has 0 heterocycles. The fourth-order valence-corrected chi connectivity index (χ4v) is 0.371. The average molecular weight is 120 g/mol. The van der Waals surface area contributed by atoms with E-state index in [0.29, 0.717) is 6.61 Å². The van der Waals surface area contributed by atoms with Gasteiger partial charge in [0.15, 0.2) is 0 Å². The van der Waals surface area contributed by atoms with Crippen LogP contribution in [-0.4, -0.2) is 31.5 Å².